The first-order valence-corrected chi connectivity index (χ1v) is 8.81. The Labute approximate surface area is 143 Å². The molecule has 0 spiro atoms. The molecule has 1 aliphatic heterocycles. The smallest absolute Gasteiger partial charge is 0.208 e. The first-order chi connectivity index (χ1) is 11.7. The fraction of sp³-hybridized carbons (Fsp3) is 0.533. The van der Waals surface area contributed by atoms with Crippen molar-refractivity contribution in [1.82, 2.24) is 30.0 Å². The van der Waals surface area contributed by atoms with Crippen molar-refractivity contribution < 1.29 is 4.74 Å². The predicted octanol–water partition coefficient (Wildman–Crippen LogP) is 1.81. The maximum Gasteiger partial charge on any atom is 0.208 e. The monoisotopic (exact) mass is 345 g/mol. The van der Waals surface area contributed by atoms with Gasteiger partial charge in [0.25, 0.3) is 0 Å². The van der Waals surface area contributed by atoms with Crippen molar-refractivity contribution in [2.75, 3.05) is 25.1 Å². The van der Waals surface area contributed by atoms with E-state index < -0.39 is 0 Å². The van der Waals surface area contributed by atoms with Gasteiger partial charge in [-0.05, 0) is 31.9 Å². The third-order valence-electron chi connectivity index (χ3n) is 4.27. The zero-order valence-corrected chi connectivity index (χ0v) is 14.5. The molecular weight excluding hydrogens is 326 g/mol. The van der Waals surface area contributed by atoms with Gasteiger partial charge >= 0.3 is 0 Å². The third-order valence-corrected chi connectivity index (χ3v) is 5.23. The van der Waals surface area contributed by atoms with Crippen molar-refractivity contribution in [1.29, 1.82) is 0 Å². The summed E-state index contributed by atoms with van der Waals surface area (Å²) in [6, 6.07) is 3.93. The Morgan fingerprint density at radius 1 is 1.17 bits per heavy atom. The second kappa shape index (κ2) is 6.40. The summed E-state index contributed by atoms with van der Waals surface area (Å²) in [5, 5.41) is 23.5. The van der Waals surface area contributed by atoms with Gasteiger partial charge in [0, 0.05) is 26.1 Å². The van der Waals surface area contributed by atoms with Crippen LogP contribution in [-0.4, -0.2) is 50.2 Å². The number of piperidine rings is 1. The van der Waals surface area contributed by atoms with Gasteiger partial charge in [0.15, 0.2) is 11.5 Å². The quantitative estimate of drug-likeness (QED) is 0.713. The molecule has 24 heavy (non-hydrogen) atoms. The number of hydrogen-bond acceptors (Lipinski definition) is 8. The molecule has 0 amide bonds. The predicted molar refractivity (Wildman–Crippen MR) is 90.3 cm³/mol. The molecule has 0 bridgehead atoms. The van der Waals surface area contributed by atoms with Crippen LogP contribution in [0.2, 0.25) is 0 Å². The number of rotatable bonds is 4. The molecule has 0 radical (unpaired) electrons. The summed E-state index contributed by atoms with van der Waals surface area (Å²) in [5.41, 5.74) is 1.78. The minimum atomic E-state index is 0.372. The highest BCUT2D eigenvalue weighted by Crippen LogP contribution is 2.31. The molecule has 0 aliphatic carbocycles. The molecule has 1 saturated heterocycles. The molecular formula is C15H19N7OS. The highest BCUT2D eigenvalue weighted by atomic mass is 32.1. The average Bonchev–Trinajstić information content (AvgIpc) is 3.22. The maximum absolute atomic E-state index is 5.11. The standard InChI is InChI=1S/C15H19N7OS/c1-10-3-4-12-16-18-14(22(12)20-10)11-5-7-21(8-6-11)15-19-17-13(24-15)9-23-2/h3-4,11H,5-9H2,1-2H3. The Hall–Kier alpha value is -2.13. The summed E-state index contributed by atoms with van der Waals surface area (Å²) in [6.07, 6.45) is 2.02. The molecule has 8 nitrogen and oxygen atoms in total. The largest absolute Gasteiger partial charge is 0.377 e. The summed E-state index contributed by atoms with van der Waals surface area (Å²) in [4.78, 5) is 2.29. The zero-order chi connectivity index (χ0) is 16.5. The molecule has 0 saturated carbocycles. The van der Waals surface area contributed by atoms with Crippen molar-refractivity contribution in [2.45, 2.75) is 32.3 Å². The third kappa shape index (κ3) is 2.84. The van der Waals surface area contributed by atoms with Crippen LogP contribution < -0.4 is 4.90 Å². The van der Waals surface area contributed by atoms with E-state index in [-0.39, 0.29) is 0 Å². The van der Waals surface area contributed by atoms with Crippen LogP contribution in [-0.2, 0) is 11.3 Å². The van der Waals surface area contributed by atoms with E-state index in [1.807, 2.05) is 23.6 Å². The van der Waals surface area contributed by atoms with Crippen LogP contribution >= 0.6 is 11.3 Å². The number of ether oxygens (including phenoxy) is 1. The Morgan fingerprint density at radius 2 is 2.00 bits per heavy atom. The van der Waals surface area contributed by atoms with Crippen molar-refractivity contribution in [2.24, 2.45) is 0 Å². The highest BCUT2D eigenvalue weighted by molar-refractivity contribution is 7.15. The topological polar surface area (TPSA) is 81.3 Å². The van der Waals surface area contributed by atoms with E-state index in [4.69, 9.17) is 4.74 Å². The number of methoxy groups -OCH3 is 1. The SMILES string of the molecule is COCc1nnc(N2CCC(c3nnc4ccc(C)nn34)CC2)s1. The molecule has 1 aliphatic rings. The molecule has 0 N–H and O–H groups in total. The van der Waals surface area contributed by atoms with Crippen LogP contribution in [0.4, 0.5) is 5.13 Å². The lowest BCUT2D eigenvalue weighted by Gasteiger charge is -2.30. The second-order valence-corrected chi connectivity index (χ2v) is 7.02. The Balaban J connectivity index is 1.48. The Morgan fingerprint density at radius 3 is 2.79 bits per heavy atom. The number of aryl methyl sites for hydroxylation is 1. The van der Waals surface area contributed by atoms with E-state index in [2.05, 4.69) is 30.4 Å². The number of anilines is 1. The molecule has 3 aromatic heterocycles. The lowest BCUT2D eigenvalue weighted by atomic mass is 9.96. The Kier molecular flexibility index (Phi) is 4.11. The minimum absolute atomic E-state index is 0.372. The van der Waals surface area contributed by atoms with Gasteiger partial charge in [-0.15, -0.1) is 20.4 Å². The average molecular weight is 345 g/mol. The molecule has 0 unspecified atom stereocenters. The first-order valence-electron chi connectivity index (χ1n) is 8.00. The van der Waals surface area contributed by atoms with Gasteiger partial charge in [-0.2, -0.15) is 9.61 Å². The zero-order valence-electron chi connectivity index (χ0n) is 13.7. The normalized spacial score (nSPS) is 16.2. The minimum Gasteiger partial charge on any atom is -0.377 e. The van der Waals surface area contributed by atoms with Crippen molar-refractivity contribution in [3.63, 3.8) is 0 Å². The van der Waals surface area contributed by atoms with Crippen LogP contribution in [0.5, 0.6) is 0 Å². The summed E-state index contributed by atoms with van der Waals surface area (Å²) in [5.74, 6) is 1.34. The fourth-order valence-corrected chi connectivity index (χ4v) is 3.90. The van der Waals surface area contributed by atoms with Gasteiger partial charge in [0.05, 0.1) is 5.69 Å². The molecule has 0 atom stereocenters. The van der Waals surface area contributed by atoms with E-state index in [0.717, 1.165) is 53.2 Å². The van der Waals surface area contributed by atoms with E-state index in [1.165, 1.54) is 0 Å². The summed E-state index contributed by atoms with van der Waals surface area (Å²) in [7, 11) is 1.67. The lowest BCUT2D eigenvalue weighted by Crippen LogP contribution is -2.33. The summed E-state index contributed by atoms with van der Waals surface area (Å²) >= 11 is 1.60. The van der Waals surface area contributed by atoms with Crippen molar-refractivity contribution >= 4 is 22.1 Å². The van der Waals surface area contributed by atoms with Crippen LogP contribution in [0.1, 0.15) is 35.3 Å². The van der Waals surface area contributed by atoms with Gasteiger partial charge in [0.1, 0.15) is 11.6 Å². The van der Waals surface area contributed by atoms with E-state index in [1.54, 1.807) is 18.4 Å². The van der Waals surface area contributed by atoms with E-state index >= 15 is 0 Å². The number of nitrogens with zero attached hydrogens (tertiary/aromatic N) is 7. The fourth-order valence-electron chi connectivity index (χ4n) is 3.04. The van der Waals surface area contributed by atoms with E-state index in [0.29, 0.717) is 12.5 Å². The van der Waals surface area contributed by atoms with Crippen LogP contribution in [0.25, 0.3) is 5.65 Å². The van der Waals surface area contributed by atoms with Gasteiger partial charge in [-0.3, -0.25) is 0 Å². The van der Waals surface area contributed by atoms with Gasteiger partial charge in [-0.25, -0.2) is 0 Å². The lowest BCUT2D eigenvalue weighted by molar-refractivity contribution is 0.184. The van der Waals surface area contributed by atoms with Gasteiger partial charge in [-0.1, -0.05) is 11.3 Å². The molecule has 4 heterocycles. The molecule has 3 aromatic rings. The van der Waals surface area contributed by atoms with Gasteiger partial charge < -0.3 is 9.64 Å². The highest BCUT2D eigenvalue weighted by Gasteiger charge is 2.26. The molecule has 1 fully saturated rings. The van der Waals surface area contributed by atoms with Crippen LogP contribution in [0, 0.1) is 6.92 Å². The molecule has 0 aromatic carbocycles. The molecule has 4 rings (SSSR count). The molecule has 9 heteroatoms. The van der Waals surface area contributed by atoms with E-state index in [9.17, 15) is 0 Å². The number of hydrogen-bond donors (Lipinski definition) is 0. The number of aromatic nitrogens is 6. The van der Waals surface area contributed by atoms with Crippen molar-refractivity contribution in [3.05, 3.63) is 28.7 Å². The summed E-state index contributed by atoms with van der Waals surface area (Å²) in [6.45, 7) is 4.38. The second-order valence-electron chi connectivity index (χ2n) is 5.98. The Bertz CT molecular complexity index is 837. The maximum atomic E-state index is 5.11. The van der Waals surface area contributed by atoms with Gasteiger partial charge in [0.2, 0.25) is 5.13 Å². The van der Waals surface area contributed by atoms with Crippen LogP contribution in [0.15, 0.2) is 12.1 Å². The molecule has 126 valence electrons. The van der Waals surface area contributed by atoms with Crippen LogP contribution in [0.3, 0.4) is 0 Å². The first kappa shape index (κ1) is 15.4. The number of fused-ring (bicyclic) bond motifs is 1. The summed E-state index contributed by atoms with van der Waals surface area (Å²) < 4.78 is 7.00. The van der Waals surface area contributed by atoms with Crippen molar-refractivity contribution in [3.8, 4) is 0 Å².